The van der Waals surface area contributed by atoms with Gasteiger partial charge in [-0.25, -0.2) is 13.1 Å². The van der Waals surface area contributed by atoms with Gasteiger partial charge in [0, 0.05) is 25.3 Å². The lowest BCUT2D eigenvalue weighted by Gasteiger charge is -2.13. The maximum absolute atomic E-state index is 12.5. The predicted octanol–water partition coefficient (Wildman–Crippen LogP) is 2.96. The van der Waals surface area contributed by atoms with Crippen LogP contribution in [-0.2, 0) is 14.8 Å². The minimum absolute atomic E-state index is 0.0453. The second kappa shape index (κ2) is 10.2. The largest absolute Gasteiger partial charge is 0.495 e. The smallest absolute Gasteiger partial charge is 0.255 e. The van der Waals surface area contributed by atoms with Crippen molar-refractivity contribution in [2.75, 3.05) is 32.2 Å². The lowest BCUT2D eigenvalue weighted by Crippen LogP contribution is -2.26. The van der Waals surface area contributed by atoms with Gasteiger partial charge in [0.1, 0.15) is 5.75 Å². The van der Waals surface area contributed by atoms with Crippen LogP contribution in [0, 0.1) is 6.92 Å². The third-order valence-corrected chi connectivity index (χ3v) is 5.46. The Balaban J connectivity index is 2.16. The van der Waals surface area contributed by atoms with E-state index >= 15 is 0 Å². The van der Waals surface area contributed by atoms with Gasteiger partial charge in [0.25, 0.3) is 5.91 Å². The van der Waals surface area contributed by atoms with Crippen LogP contribution in [-0.4, -0.2) is 41.2 Å². The fourth-order valence-electron chi connectivity index (χ4n) is 2.46. The van der Waals surface area contributed by atoms with Crippen molar-refractivity contribution in [3.05, 3.63) is 53.6 Å². The molecule has 0 aliphatic carbocycles. The van der Waals surface area contributed by atoms with Gasteiger partial charge in [0.05, 0.1) is 17.7 Å². The number of carbonyl (C=O) groups excluding carboxylic acids is 1. The zero-order chi connectivity index (χ0) is 20.6. The number of anilines is 1. The standard InChI is InChI=1S/C20H26N2O5S/c1-4-27-13-5-12-21-28(24,25)17-10-11-19(26-3)18(14-17)22-20(23)16-8-6-15(2)7-9-16/h6-11,14,21H,4-5,12-13H2,1-3H3,(H,22,23). The molecule has 0 unspecified atom stereocenters. The number of hydrogen-bond acceptors (Lipinski definition) is 5. The fourth-order valence-corrected chi connectivity index (χ4v) is 3.56. The summed E-state index contributed by atoms with van der Waals surface area (Å²) in [6.07, 6.45) is 0.570. The molecule has 152 valence electrons. The van der Waals surface area contributed by atoms with Crippen molar-refractivity contribution in [3.63, 3.8) is 0 Å². The van der Waals surface area contributed by atoms with Gasteiger partial charge in [-0.3, -0.25) is 4.79 Å². The molecule has 2 aromatic rings. The normalized spacial score (nSPS) is 11.2. The Labute approximate surface area is 166 Å². The number of ether oxygens (including phenoxy) is 2. The van der Waals surface area contributed by atoms with Gasteiger partial charge in [0.2, 0.25) is 10.0 Å². The molecule has 2 rings (SSSR count). The molecule has 0 heterocycles. The molecular formula is C20H26N2O5S. The van der Waals surface area contributed by atoms with E-state index in [2.05, 4.69) is 10.0 Å². The first-order valence-electron chi connectivity index (χ1n) is 9.01. The molecular weight excluding hydrogens is 380 g/mol. The van der Waals surface area contributed by atoms with Crippen molar-refractivity contribution >= 4 is 21.6 Å². The highest BCUT2D eigenvalue weighted by Crippen LogP contribution is 2.28. The lowest BCUT2D eigenvalue weighted by atomic mass is 10.1. The average molecular weight is 407 g/mol. The lowest BCUT2D eigenvalue weighted by molar-refractivity contribution is 0.102. The summed E-state index contributed by atoms with van der Waals surface area (Å²) >= 11 is 0. The topological polar surface area (TPSA) is 93.7 Å². The molecule has 0 aliphatic heterocycles. The van der Waals surface area contributed by atoms with Gasteiger partial charge < -0.3 is 14.8 Å². The molecule has 0 bridgehead atoms. The highest BCUT2D eigenvalue weighted by Gasteiger charge is 2.17. The van der Waals surface area contributed by atoms with Crippen LogP contribution in [0.1, 0.15) is 29.3 Å². The van der Waals surface area contributed by atoms with E-state index in [1.165, 1.54) is 25.3 Å². The molecule has 0 atom stereocenters. The van der Waals surface area contributed by atoms with Crippen molar-refractivity contribution in [2.45, 2.75) is 25.2 Å². The Morgan fingerprint density at radius 3 is 2.46 bits per heavy atom. The van der Waals surface area contributed by atoms with Crippen LogP contribution in [0.15, 0.2) is 47.4 Å². The summed E-state index contributed by atoms with van der Waals surface area (Å²) in [6.45, 7) is 5.16. The van der Waals surface area contributed by atoms with Crippen LogP contribution in [0.5, 0.6) is 5.75 Å². The van der Waals surface area contributed by atoms with E-state index in [0.29, 0.717) is 30.9 Å². The van der Waals surface area contributed by atoms with Crippen LogP contribution < -0.4 is 14.8 Å². The Morgan fingerprint density at radius 2 is 1.82 bits per heavy atom. The maximum atomic E-state index is 12.5. The number of carbonyl (C=O) groups is 1. The Hall–Kier alpha value is -2.42. The van der Waals surface area contributed by atoms with Crippen LogP contribution in [0.4, 0.5) is 5.69 Å². The number of rotatable bonds is 10. The van der Waals surface area contributed by atoms with E-state index in [1.807, 2.05) is 26.0 Å². The summed E-state index contributed by atoms with van der Waals surface area (Å²) in [5, 5.41) is 2.72. The molecule has 28 heavy (non-hydrogen) atoms. The number of aryl methyl sites for hydroxylation is 1. The number of methoxy groups -OCH3 is 1. The second-order valence-corrected chi connectivity index (χ2v) is 7.90. The Morgan fingerprint density at radius 1 is 1.11 bits per heavy atom. The van der Waals surface area contributed by atoms with E-state index in [-0.39, 0.29) is 23.0 Å². The summed E-state index contributed by atoms with van der Waals surface area (Å²) in [4.78, 5) is 12.5. The zero-order valence-electron chi connectivity index (χ0n) is 16.3. The molecule has 0 aromatic heterocycles. The van der Waals surface area contributed by atoms with Crippen LogP contribution in [0.25, 0.3) is 0 Å². The number of sulfonamides is 1. The molecule has 0 fully saturated rings. The van der Waals surface area contributed by atoms with Crippen molar-refractivity contribution < 1.29 is 22.7 Å². The molecule has 2 aromatic carbocycles. The molecule has 0 saturated carbocycles. The number of hydrogen-bond donors (Lipinski definition) is 2. The second-order valence-electron chi connectivity index (χ2n) is 6.13. The minimum atomic E-state index is -3.71. The van der Waals surface area contributed by atoms with Crippen molar-refractivity contribution in [2.24, 2.45) is 0 Å². The molecule has 0 saturated heterocycles. The van der Waals surface area contributed by atoms with E-state index in [4.69, 9.17) is 9.47 Å². The predicted molar refractivity (Wildman–Crippen MR) is 108 cm³/mol. The van der Waals surface area contributed by atoms with Gasteiger partial charge in [-0.2, -0.15) is 0 Å². The highest BCUT2D eigenvalue weighted by molar-refractivity contribution is 7.89. The first kappa shape index (κ1) is 21.9. The Kier molecular flexibility index (Phi) is 7.98. The average Bonchev–Trinajstić information content (AvgIpc) is 2.68. The fraction of sp³-hybridized carbons (Fsp3) is 0.350. The quantitative estimate of drug-likeness (QED) is 0.592. The molecule has 0 radical (unpaired) electrons. The van der Waals surface area contributed by atoms with Crippen molar-refractivity contribution in [1.29, 1.82) is 0 Å². The van der Waals surface area contributed by atoms with Crippen LogP contribution >= 0.6 is 0 Å². The van der Waals surface area contributed by atoms with Crippen LogP contribution in [0.2, 0.25) is 0 Å². The first-order chi connectivity index (χ1) is 13.4. The summed E-state index contributed by atoms with van der Waals surface area (Å²) in [5.74, 6) is 0.0216. The molecule has 0 aliphatic rings. The summed E-state index contributed by atoms with van der Waals surface area (Å²) < 4.78 is 38.0. The number of nitrogens with one attached hydrogen (secondary N) is 2. The SMILES string of the molecule is CCOCCCNS(=O)(=O)c1ccc(OC)c(NC(=O)c2ccc(C)cc2)c1. The third kappa shape index (κ3) is 6.05. The van der Waals surface area contributed by atoms with Crippen molar-refractivity contribution in [3.8, 4) is 5.75 Å². The maximum Gasteiger partial charge on any atom is 0.255 e. The third-order valence-electron chi connectivity index (χ3n) is 4.00. The summed E-state index contributed by atoms with van der Waals surface area (Å²) in [6, 6.07) is 11.4. The van der Waals surface area contributed by atoms with Crippen LogP contribution in [0.3, 0.4) is 0 Å². The zero-order valence-corrected chi connectivity index (χ0v) is 17.1. The van der Waals surface area contributed by atoms with E-state index in [0.717, 1.165) is 5.56 Å². The van der Waals surface area contributed by atoms with Gasteiger partial charge in [-0.05, 0) is 50.6 Å². The van der Waals surface area contributed by atoms with E-state index < -0.39 is 10.0 Å². The first-order valence-corrected chi connectivity index (χ1v) is 10.5. The Bertz CT molecular complexity index is 895. The monoisotopic (exact) mass is 406 g/mol. The number of amides is 1. The molecule has 7 nitrogen and oxygen atoms in total. The summed E-state index contributed by atoms with van der Waals surface area (Å²) in [7, 11) is -2.26. The van der Waals surface area contributed by atoms with E-state index in [1.54, 1.807) is 12.1 Å². The minimum Gasteiger partial charge on any atom is -0.495 e. The molecule has 1 amide bonds. The van der Waals surface area contributed by atoms with Gasteiger partial charge in [0.15, 0.2) is 0 Å². The van der Waals surface area contributed by atoms with Crippen molar-refractivity contribution in [1.82, 2.24) is 4.72 Å². The van der Waals surface area contributed by atoms with Gasteiger partial charge >= 0.3 is 0 Å². The number of benzene rings is 2. The summed E-state index contributed by atoms with van der Waals surface area (Å²) in [5.41, 5.74) is 1.79. The molecule has 0 spiro atoms. The van der Waals surface area contributed by atoms with E-state index in [9.17, 15) is 13.2 Å². The van der Waals surface area contributed by atoms with Gasteiger partial charge in [-0.15, -0.1) is 0 Å². The molecule has 8 heteroatoms. The molecule has 2 N–H and O–H groups in total. The van der Waals surface area contributed by atoms with Gasteiger partial charge in [-0.1, -0.05) is 17.7 Å². The highest BCUT2D eigenvalue weighted by atomic mass is 32.2.